The van der Waals surface area contributed by atoms with E-state index in [-0.39, 0.29) is 5.57 Å². The van der Waals surface area contributed by atoms with Gasteiger partial charge >= 0.3 is 6.18 Å². The minimum Gasteiger partial charge on any atom is -0.366 e. The first-order valence-corrected chi connectivity index (χ1v) is 7.50. The highest BCUT2D eigenvalue weighted by molar-refractivity contribution is 6.18. The zero-order valence-electron chi connectivity index (χ0n) is 13.2. The van der Waals surface area contributed by atoms with Gasteiger partial charge in [0.2, 0.25) is 5.91 Å². The van der Waals surface area contributed by atoms with E-state index in [1.165, 1.54) is 6.07 Å². The Bertz CT molecular complexity index is 970. The van der Waals surface area contributed by atoms with Gasteiger partial charge in [0.05, 0.1) is 5.56 Å². The third-order valence-electron chi connectivity index (χ3n) is 4.02. The van der Waals surface area contributed by atoms with E-state index >= 15 is 0 Å². The molecule has 0 unspecified atom stereocenters. The van der Waals surface area contributed by atoms with Crippen molar-refractivity contribution in [2.45, 2.75) is 12.7 Å². The average Bonchev–Trinajstić information content (AvgIpc) is 2.95. The van der Waals surface area contributed by atoms with Crippen LogP contribution in [0.3, 0.4) is 0 Å². The maximum Gasteiger partial charge on any atom is 0.416 e. The summed E-state index contributed by atoms with van der Waals surface area (Å²) in [5, 5.41) is 0.854. The van der Waals surface area contributed by atoms with Gasteiger partial charge in [-0.25, -0.2) is 0 Å². The van der Waals surface area contributed by atoms with E-state index in [0.717, 1.165) is 23.0 Å². The Morgan fingerprint density at radius 2 is 1.88 bits per heavy atom. The van der Waals surface area contributed by atoms with Crippen LogP contribution in [0.2, 0.25) is 0 Å². The van der Waals surface area contributed by atoms with Crippen LogP contribution in [0, 0.1) is 0 Å². The monoisotopic (exact) mass is 344 g/mol. The molecule has 6 heteroatoms. The number of amides is 1. The fraction of sp³-hybridized carbons (Fsp3) is 0.105. The number of halogens is 3. The molecular weight excluding hydrogens is 329 g/mol. The summed E-state index contributed by atoms with van der Waals surface area (Å²) in [6.45, 7) is 3.96. The Morgan fingerprint density at radius 3 is 2.56 bits per heavy atom. The van der Waals surface area contributed by atoms with Crippen molar-refractivity contribution in [3.05, 3.63) is 78.0 Å². The Balaban J connectivity index is 1.93. The highest BCUT2D eigenvalue weighted by atomic mass is 19.4. The highest BCUT2D eigenvalue weighted by Gasteiger charge is 2.30. The zero-order chi connectivity index (χ0) is 18.2. The van der Waals surface area contributed by atoms with Gasteiger partial charge in [-0.2, -0.15) is 13.2 Å². The summed E-state index contributed by atoms with van der Waals surface area (Å²) in [6.07, 6.45) is -2.57. The Morgan fingerprint density at radius 1 is 1.12 bits per heavy atom. The molecule has 0 fully saturated rings. The highest BCUT2D eigenvalue weighted by Crippen LogP contribution is 2.30. The lowest BCUT2D eigenvalue weighted by Crippen LogP contribution is -2.11. The van der Waals surface area contributed by atoms with Gasteiger partial charge in [-0.15, -0.1) is 0 Å². The standard InChI is InChI=1S/C19H15F3N2O/c1-12(18(23)25)14-5-6-17-15(10-14)7-8-24(17)11-13-3-2-4-16(9-13)19(20,21)22/h2-10H,1,11H2,(H2,23,25). The van der Waals surface area contributed by atoms with Crippen molar-refractivity contribution >= 4 is 22.4 Å². The second-order valence-corrected chi connectivity index (χ2v) is 5.76. The lowest BCUT2D eigenvalue weighted by atomic mass is 10.1. The van der Waals surface area contributed by atoms with Crippen molar-refractivity contribution < 1.29 is 18.0 Å². The average molecular weight is 344 g/mol. The van der Waals surface area contributed by atoms with Crippen LogP contribution in [0.25, 0.3) is 16.5 Å². The Kier molecular flexibility index (Phi) is 4.12. The molecule has 0 bridgehead atoms. The lowest BCUT2D eigenvalue weighted by Gasteiger charge is -2.10. The molecule has 0 aliphatic heterocycles. The number of hydrogen-bond acceptors (Lipinski definition) is 1. The third-order valence-corrected chi connectivity index (χ3v) is 4.02. The Labute approximate surface area is 142 Å². The molecule has 3 aromatic rings. The summed E-state index contributed by atoms with van der Waals surface area (Å²) in [4.78, 5) is 11.2. The van der Waals surface area contributed by atoms with Crippen LogP contribution in [-0.4, -0.2) is 10.5 Å². The number of aromatic nitrogens is 1. The molecule has 3 rings (SSSR count). The molecule has 1 amide bonds. The van der Waals surface area contributed by atoms with Crippen molar-refractivity contribution in [2.75, 3.05) is 0 Å². The summed E-state index contributed by atoms with van der Waals surface area (Å²) < 4.78 is 40.3. The molecule has 2 N–H and O–H groups in total. The molecule has 0 atom stereocenters. The minimum atomic E-state index is -4.36. The Hall–Kier alpha value is -3.02. The molecule has 0 saturated heterocycles. The third kappa shape index (κ3) is 3.42. The van der Waals surface area contributed by atoms with Gasteiger partial charge in [-0.3, -0.25) is 4.79 Å². The van der Waals surface area contributed by atoms with Crippen molar-refractivity contribution in [1.82, 2.24) is 4.57 Å². The van der Waals surface area contributed by atoms with Gasteiger partial charge in [0.1, 0.15) is 0 Å². The minimum absolute atomic E-state index is 0.215. The van der Waals surface area contributed by atoms with E-state index in [9.17, 15) is 18.0 Å². The van der Waals surface area contributed by atoms with Crippen molar-refractivity contribution in [1.29, 1.82) is 0 Å². The second kappa shape index (κ2) is 6.12. The van der Waals surface area contributed by atoms with Gasteiger partial charge in [0.25, 0.3) is 0 Å². The van der Waals surface area contributed by atoms with Crippen molar-refractivity contribution in [2.24, 2.45) is 5.73 Å². The number of hydrogen-bond donors (Lipinski definition) is 1. The van der Waals surface area contributed by atoms with Crippen LogP contribution < -0.4 is 5.73 Å². The summed E-state index contributed by atoms with van der Waals surface area (Å²) >= 11 is 0. The van der Waals surface area contributed by atoms with Gasteiger partial charge < -0.3 is 10.3 Å². The van der Waals surface area contributed by atoms with Gasteiger partial charge in [0.15, 0.2) is 0 Å². The fourth-order valence-corrected chi connectivity index (χ4v) is 2.71. The lowest BCUT2D eigenvalue weighted by molar-refractivity contribution is -0.137. The molecule has 2 aromatic carbocycles. The first-order chi connectivity index (χ1) is 11.8. The number of primary amides is 1. The first kappa shape index (κ1) is 16.8. The van der Waals surface area contributed by atoms with Crippen LogP contribution in [0.1, 0.15) is 16.7 Å². The zero-order valence-corrected chi connectivity index (χ0v) is 13.2. The topological polar surface area (TPSA) is 48.0 Å². The number of benzene rings is 2. The van der Waals surface area contributed by atoms with Crippen LogP contribution >= 0.6 is 0 Å². The second-order valence-electron chi connectivity index (χ2n) is 5.76. The van der Waals surface area contributed by atoms with E-state index in [0.29, 0.717) is 17.7 Å². The molecule has 128 valence electrons. The molecular formula is C19H15F3N2O. The SMILES string of the molecule is C=C(C(N)=O)c1ccc2c(ccn2Cc2cccc(C(F)(F)F)c2)c1. The fourth-order valence-electron chi connectivity index (χ4n) is 2.71. The molecule has 0 saturated carbocycles. The first-order valence-electron chi connectivity index (χ1n) is 7.50. The van der Waals surface area contributed by atoms with Crippen LogP contribution in [0.5, 0.6) is 0 Å². The maximum absolute atomic E-state index is 12.8. The quantitative estimate of drug-likeness (QED) is 0.708. The summed E-state index contributed by atoms with van der Waals surface area (Å²) in [6, 6.07) is 12.4. The summed E-state index contributed by atoms with van der Waals surface area (Å²) in [5.74, 6) is -0.595. The molecule has 3 nitrogen and oxygen atoms in total. The number of carbonyl (C=O) groups excluding carboxylic acids is 1. The predicted octanol–water partition coefficient (Wildman–Crippen LogP) is 4.21. The molecule has 1 aromatic heterocycles. The van der Waals surface area contributed by atoms with E-state index in [1.54, 1.807) is 30.5 Å². The number of nitrogens with zero attached hydrogens (tertiary/aromatic N) is 1. The molecule has 0 radical (unpaired) electrons. The maximum atomic E-state index is 12.8. The predicted molar refractivity (Wildman–Crippen MR) is 90.7 cm³/mol. The molecule has 0 aliphatic rings. The van der Waals surface area contributed by atoms with Gasteiger partial charge in [-0.1, -0.05) is 24.8 Å². The molecule has 0 aliphatic carbocycles. The van der Waals surface area contributed by atoms with Gasteiger partial charge in [-0.05, 0) is 41.5 Å². The molecule has 25 heavy (non-hydrogen) atoms. The molecule has 0 spiro atoms. The number of carbonyl (C=O) groups is 1. The normalized spacial score (nSPS) is 11.6. The smallest absolute Gasteiger partial charge is 0.366 e. The number of alkyl halides is 3. The van der Waals surface area contributed by atoms with Crippen molar-refractivity contribution in [3.8, 4) is 0 Å². The van der Waals surface area contributed by atoms with Crippen LogP contribution in [0.4, 0.5) is 13.2 Å². The van der Waals surface area contributed by atoms with Crippen molar-refractivity contribution in [3.63, 3.8) is 0 Å². The van der Waals surface area contributed by atoms with Crippen LogP contribution in [-0.2, 0) is 17.5 Å². The number of fused-ring (bicyclic) bond motifs is 1. The molecule has 1 heterocycles. The van der Waals surface area contributed by atoms with E-state index in [1.807, 2.05) is 10.6 Å². The summed E-state index contributed by atoms with van der Waals surface area (Å²) in [5.41, 5.74) is 6.80. The number of rotatable bonds is 4. The van der Waals surface area contributed by atoms with Gasteiger partial charge in [0, 0.05) is 29.2 Å². The number of nitrogens with two attached hydrogens (primary N) is 1. The van der Waals surface area contributed by atoms with E-state index in [4.69, 9.17) is 5.73 Å². The van der Waals surface area contributed by atoms with E-state index < -0.39 is 17.6 Å². The van der Waals surface area contributed by atoms with E-state index in [2.05, 4.69) is 6.58 Å². The largest absolute Gasteiger partial charge is 0.416 e. The summed E-state index contributed by atoms with van der Waals surface area (Å²) in [7, 11) is 0. The van der Waals surface area contributed by atoms with Crippen LogP contribution in [0.15, 0.2) is 61.3 Å².